The molecule has 0 unspecified atom stereocenters. The fourth-order valence-corrected chi connectivity index (χ4v) is 11.6. The molecule has 0 amide bonds. The Hall–Kier alpha value is -20.7. The van der Waals surface area contributed by atoms with Crippen molar-refractivity contribution in [3.63, 3.8) is 0 Å². The number of nitrogens with zero attached hydrogens (tertiary/aromatic N) is 34. The Morgan fingerprint density at radius 1 is 0.443 bits per heavy atom. The van der Waals surface area contributed by atoms with Gasteiger partial charge in [0.2, 0.25) is 0 Å². The van der Waals surface area contributed by atoms with Crippen LogP contribution in [-0.4, -0.2) is 194 Å². The van der Waals surface area contributed by atoms with E-state index in [2.05, 4.69) is 121 Å². The van der Waals surface area contributed by atoms with Gasteiger partial charge in [0.15, 0.2) is 69.3 Å². The van der Waals surface area contributed by atoms with Crippen molar-refractivity contribution in [1.82, 2.24) is 108 Å². The van der Waals surface area contributed by atoms with Crippen LogP contribution >= 0.6 is 0 Å². The van der Waals surface area contributed by atoms with Crippen LogP contribution in [0.4, 0.5) is 80.7 Å². The molecule has 4 aromatic carbocycles. The van der Waals surface area contributed by atoms with Crippen molar-refractivity contribution in [3.05, 3.63) is 200 Å². The summed E-state index contributed by atoms with van der Waals surface area (Å²) in [4.78, 5) is 135. The normalized spacial score (nSPS) is 10.8. The van der Waals surface area contributed by atoms with Gasteiger partial charge in [-0.25, -0.2) is 47.6 Å². The number of carbonyl (C=O) groups excluding carboxylic acids is 8. The molecule has 0 saturated heterocycles. The van der Waals surface area contributed by atoms with E-state index < -0.39 is 29.9 Å². The van der Waals surface area contributed by atoms with E-state index in [1.807, 2.05) is 12.1 Å². The second kappa shape index (κ2) is 40.3. The van der Waals surface area contributed by atoms with Gasteiger partial charge < -0.3 is 61.9 Å². The quantitative estimate of drug-likeness (QED) is 0.00838. The second-order valence-electron chi connectivity index (χ2n) is 25.4. The summed E-state index contributed by atoms with van der Waals surface area (Å²) in [6, 6.07) is 23.7. The summed E-state index contributed by atoms with van der Waals surface area (Å²) >= 11 is 0. The van der Waals surface area contributed by atoms with Gasteiger partial charge in [0, 0.05) is 0 Å². The molecule has 14 rings (SSSR count). The Labute approximate surface area is 729 Å². The molecule has 10 aromatic heterocycles. The maximum absolute atomic E-state index is 12.5. The monoisotopic (exact) mass is 1780 g/mol. The molecule has 0 spiro atoms. The number of esters is 2. The Bertz CT molecular complexity index is 6850. The first-order chi connectivity index (χ1) is 63.1. The first kappa shape index (κ1) is 91.1. The van der Waals surface area contributed by atoms with Crippen LogP contribution in [0.5, 0.6) is 12.0 Å². The minimum absolute atomic E-state index is 0.00352. The van der Waals surface area contributed by atoms with Crippen LogP contribution in [-0.2, 0) is 60.9 Å². The highest BCUT2D eigenvalue weighted by molar-refractivity contribution is 5.92. The number of methoxy groups -OCH3 is 3. The van der Waals surface area contributed by atoms with Gasteiger partial charge in [0.05, 0.1) is 127 Å². The lowest BCUT2D eigenvalue weighted by molar-refractivity contribution is -0.193. The van der Waals surface area contributed by atoms with Crippen LogP contribution in [0.3, 0.4) is 0 Å². The summed E-state index contributed by atoms with van der Waals surface area (Å²) in [7, 11) is 3.72. The minimum atomic E-state index is -1.16. The van der Waals surface area contributed by atoms with Crippen LogP contribution in [0.1, 0.15) is 86.5 Å². The Morgan fingerprint density at radius 2 is 0.756 bits per heavy atom. The maximum Gasteiger partial charge on any atom is 0.373 e. The average Bonchev–Trinajstić information content (AvgIpc) is 1.63. The Balaban J connectivity index is 0.000000242. The summed E-state index contributed by atoms with van der Waals surface area (Å²) < 4.78 is 34.2. The molecule has 0 atom stereocenters. The third-order valence-electron chi connectivity index (χ3n) is 17.4. The van der Waals surface area contributed by atoms with Gasteiger partial charge in [-0.05, 0) is 112 Å². The van der Waals surface area contributed by atoms with Crippen molar-refractivity contribution in [2.75, 3.05) is 44.3 Å². The molecule has 0 aliphatic carbocycles. The molecule has 0 aliphatic heterocycles. The number of carbonyl (C=O) groups is 6. The summed E-state index contributed by atoms with van der Waals surface area (Å²) in [5, 5.41) is 118. The highest BCUT2D eigenvalue weighted by Gasteiger charge is 2.28. The fourth-order valence-electron chi connectivity index (χ4n) is 11.6. The van der Waals surface area contributed by atoms with Gasteiger partial charge in [0.25, 0.3) is 48.1 Å². The zero-order chi connectivity index (χ0) is 94.6. The van der Waals surface area contributed by atoms with Crippen molar-refractivity contribution in [3.8, 4) is 70.7 Å². The van der Waals surface area contributed by atoms with E-state index in [0.29, 0.717) is 22.5 Å². The van der Waals surface area contributed by atoms with Gasteiger partial charge in [0.1, 0.15) is 36.5 Å². The number of ether oxygens (including phenoxy) is 5. The predicted octanol–water partition coefficient (Wildman–Crippen LogP) is 8.16. The lowest BCUT2D eigenvalue weighted by Gasteiger charge is -2.10. The van der Waals surface area contributed by atoms with Crippen LogP contribution < -0.4 is 27.7 Å². The molecule has 56 nitrogen and oxygen atoms in total. The van der Waals surface area contributed by atoms with Crippen LogP contribution in [0.15, 0.2) is 151 Å². The number of benzene rings is 4. The van der Waals surface area contributed by atoms with Crippen molar-refractivity contribution in [2.45, 2.75) is 40.9 Å². The molecule has 10 heterocycles. The average molecular weight is 1780 g/mol. The third-order valence-corrected chi connectivity index (χ3v) is 17.4. The summed E-state index contributed by atoms with van der Waals surface area (Å²) in [6.07, 6.45) is 5.49. The molecule has 0 bridgehead atoms. The van der Waals surface area contributed by atoms with E-state index in [1.165, 1.54) is 126 Å². The number of aromatic carboxylic acids is 2. The number of aromatic hydroxyl groups is 1. The fraction of sp³-hybridized carbons (Fsp3) is 0.120. The van der Waals surface area contributed by atoms with Gasteiger partial charge in [-0.3, -0.25) is 9.59 Å². The highest BCUT2D eigenvalue weighted by atomic mass is 16.5. The van der Waals surface area contributed by atoms with Gasteiger partial charge in [-0.15, -0.1) is 40.9 Å². The molecule has 0 saturated carbocycles. The number of carboxylic acid groups (broad SMARTS) is 2. The zero-order valence-corrected chi connectivity index (χ0v) is 67.9. The summed E-state index contributed by atoms with van der Waals surface area (Å²) in [5.74, 6) is -5.19. The highest BCUT2D eigenvalue weighted by Crippen LogP contribution is 2.40. The number of anilines is 4. The minimum Gasteiger partial charge on any atom is -0.479 e. The molecular weight excluding hydrogens is 1720 g/mol. The van der Waals surface area contributed by atoms with Crippen molar-refractivity contribution in [2.24, 2.45) is 40.9 Å². The third kappa shape index (κ3) is 19.6. The number of aromatic nitrogens is 22. The Kier molecular flexibility index (Phi) is 28.0. The largest absolute Gasteiger partial charge is 0.479 e. The maximum atomic E-state index is 12.5. The molecule has 0 radical (unpaired) electrons. The van der Waals surface area contributed by atoms with Crippen LogP contribution in [0.25, 0.3) is 56.2 Å². The summed E-state index contributed by atoms with van der Waals surface area (Å²) in [5.41, 5.74) is 29.3. The van der Waals surface area contributed by atoms with E-state index >= 15 is 0 Å². The van der Waals surface area contributed by atoms with Crippen molar-refractivity contribution < 1.29 is 86.9 Å². The van der Waals surface area contributed by atoms with E-state index in [1.54, 1.807) is 52.0 Å². The molecule has 14 aromatic rings. The standard InChI is InChI=1S/C40H33N19O9.C33H23N19O5.2CO2/c1-20-30(50-52-34-26(13-41)14-45-56(34)27-9-22(16-67-18-60)7-24(11-27)36(62)64-4)32(42)58(54-20)38-47-39(49-40(48-38)66-6)59-33(43)31(21(2)55-59)51-53-35-29(44-3)15-46-57(35)28-10-23(17-68-19-61)8-25(12-28)37(63)65-5;1-15-23(43-45-27-19(12-34)13-38-49(27)20-8-4-6-17(10-20)29(53)54)25(35)51(47-15)31-40-32(42-33(57)41-31)52-26(36)24(16(2)48-52)44-46-28-22(37-3)14-39-50(28)21-9-5-7-18(11-21)30(55)56;2*2-1-3/h7-12,14-15,18-19H,16-17,42-43H2,1-2,4-6H3;4-11,13-14H,35-36H2,1-2H3,(H,53,54)(H,55,56)(H,40,41,42,57);;. The lowest BCUT2D eigenvalue weighted by Crippen LogP contribution is -2.14. The van der Waals surface area contributed by atoms with Gasteiger partial charge >= 0.3 is 48.2 Å². The lowest BCUT2D eigenvalue weighted by atomic mass is 10.1. The van der Waals surface area contributed by atoms with Crippen molar-refractivity contribution >= 4 is 130 Å². The van der Waals surface area contributed by atoms with E-state index in [4.69, 9.17) is 78.9 Å². The van der Waals surface area contributed by atoms with Crippen LogP contribution in [0, 0.1) is 63.5 Å². The van der Waals surface area contributed by atoms with Gasteiger partial charge in [-0.2, -0.15) is 119 Å². The van der Waals surface area contributed by atoms with Crippen molar-refractivity contribution in [1.29, 1.82) is 10.5 Å². The molecule has 11 N–H and O–H groups in total. The molecule has 0 fully saturated rings. The number of azo groups is 4. The SMILES string of the molecule is O=C=O.O=C=O.[C-]#[N+]c1cnn(-c2cc(COC=O)cc(C(=O)OC)c2)c1N=Nc1c(C)nn(-c2nc(OC)nc(-n3nc(C)c(N=Nc4c(C#N)cnn4-c4cc(COC=O)cc(C(=O)OC)c4)c3N)n2)c1N.[C-]#[N+]c1cnn(-c2cccc(C(=O)O)c2)c1N=Nc1c(C)nn(-c2nc(O)nc(-n3nc(C)c(N=Nc4c(C#N)cnn4-c4cccc(C(=O)O)c4)c3N)n2)c1N. The second-order valence-corrected chi connectivity index (χ2v) is 25.4. The first-order valence-electron chi connectivity index (χ1n) is 36.0. The molecule has 131 heavy (non-hydrogen) atoms. The number of hydrogen-bond donors (Lipinski definition) is 7. The zero-order valence-electron chi connectivity index (χ0n) is 67.9. The number of nitriles is 2. The van der Waals surface area contributed by atoms with E-state index in [0.717, 1.165) is 18.7 Å². The van der Waals surface area contributed by atoms with E-state index in [-0.39, 0.29) is 216 Å². The van der Waals surface area contributed by atoms with Gasteiger partial charge in [-0.1, -0.05) is 12.1 Å². The number of carboxylic acids is 2. The molecular formula is C75H56N38O18. The molecule has 56 heteroatoms. The number of nitrogen functional groups attached to an aromatic ring is 4. The smallest absolute Gasteiger partial charge is 0.373 e. The summed E-state index contributed by atoms with van der Waals surface area (Å²) in [6.45, 7) is 21.7. The topological polar surface area (TPSA) is 757 Å². The number of hydrogen-bond acceptors (Lipinski definition) is 44. The number of rotatable bonds is 27. The first-order valence-corrected chi connectivity index (χ1v) is 36.0. The molecule has 0 aliphatic rings. The number of aryl methyl sites for hydroxylation is 4. The van der Waals surface area contributed by atoms with E-state index in [9.17, 15) is 54.6 Å². The molecule has 654 valence electrons. The van der Waals surface area contributed by atoms with Crippen LogP contribution in [0.2, 0.25) is 0 Å². The Morgan fingerprint density at radius 3 is 1.08 bits per heavy atom. The predicted molar refractivity (Wildman–Crippen MR) is 434 cm³/mol. The number of nitrogens with two attached hydrogens (primary N) is 4.